The monoisotopic (exact) mass is 375 g/mol. The van der Waals surface area contributed by atoms with E-state index in [0.717, 1.165) is 44.1 Å². The first-order valence-electron chi connectivity index (χ1n) is 10.4. The van der Waals surface area contributed by atoms with E-state index in [1.165, 1.54) is 25.7 Å². The molecule has 0 radical (unpaired) electrons. The van der Waals surface area contributed by atoms with Crippen LogP contribution in [0.15, 0.2) is 24.5 Å². The van der Waals surface area contributed by atoms with Gasteiger partial charge in [-0.05, 0) is 82.5 Å². The second-order valence-electron chi connectivity index (χ2n) is 8.31. The molecular weight excluding hydrogens is 342 g/mol. The highest BCUT2D eigenvalue weighted by atomic mass is 16.4. The molecule has 0 atom stereocenters. The fraction of sp³-hybridized carbons (Fsp3) is 0.714. The van der Waals surface area contributed by atoms with E-state index in [-0.39, 0.29) is 6.42 Å². The van der Waals surface area contributed by atoms with E-state index >= 15 is 0 Å². The van der Waals surface area contributed by atoms with Crippen molar-refractivity contribution < 1.29 is 15.0 Å². The van der Waals surface area contributed by atoms with E-state index in [0.29, 0.717) is 18.9 Å². The van der Waals surface area contributed by atoms with Crippen LogP contribution in [0, 0.1) is 5.92 Å². The Morgan fingerprint density at radius 3 is 2.48 bits per heavy atom. The second kappa shape index (κ2) is 9.51. The SMILES string of the molecule is O=C(O)CC1(O)CCC(N2CCC(CCCNc3ccncc3)CC2)CC1. The first-order chi connectivity index (χ1) is 13.0. The molecule has 0 amide bonds. The normalized spacial score (nSPS) is 27.4. The molecule has 1 aliphatic heterocycles. The number of anilines is 1. The number of carboxylic acids is 1. The topological polar surface area (TPSA) is 85.7 Å². The highest BCUT2D eigenvalue weighted by Crippen LogP contribution is 2.35. The minimum Gasteiger partial charge on any atom is -0.481 e. The van der Waals surface area contributed by atoms with Gasteiger partial charge < -0.3 is 20.4 Å². The highest BCUT2D eigenvalue weighted by Gasteiger charge is 2.37. The van der Waals surface area contributed by atoms with E-state index in [4.69, 9.17) is 5.11 Å². The van der Waals surface area contributed by atoms with Crippen LogP contribution in [0.1, 0.15) is 57.8 Å². The van der Waals surface area contributed by atoms with Crippen LogP contribution in [-0.4, -0.2) is 57.3 Å². The van der Waals surface area contributed by atoms with Crippen molar-refractivity contribution in [2.75, 3.05) is 25.0 Å². The summed E-state index contributed by atoms with van der Waals surface area (Å²) in [4.78, 5) is 17.5. The van der Waals surface area contributed by atoms with Gasteiger partial charge in [-0.3, -0.25) is 9.78 Å². The Kier molecular flexibility index (Phi) is 7.07. The van der Waals surface area contributed by atoms with Crippen molar-refractivity contribution >= 4 is 11.7 Å². The number of rotatable bonds is 8. The van der Waals surface area contributed by atoms with Crippen molar-refractivity contribution in [3.63, 3.8) is 0 Å². The lowest BCUT2D eigenvalue weighted by molar-refractivity contribution is -0.144. The van der Waals surface area contributed by atoms with Crippen LogP contribution < -0.4 is 5.32 Å². The average molecular weight is 376 g/mol. The zero-order valence-corrected chi connectivity index (χ0v) is 16.1. The van der Waals surface area contributed by atoms with Crippen molar-refractivity contribution in [2.24, 2.45) is 5.92 Å². The number of piperidine rings is 1. The van der Waals surface area contributed by atoms with Gasteiger partial charge in [0.05, 0.1) is 12.0 Å². The van der Waals surface area contributed by atoms with Crippen LogP contribution in [0.25, 0.3) is 0 Å². The zero-order valence-electron chi connectivity index (χ0n) is 16.1. The Hall–Kier alpha value is -1.66. The number of aliphatic carboxylic acids is 1. The number of aromatic nitrogens is 1. The number of hydrogen-bond donors (Lipinski definition) is 3. The van der Waals surface area contributed by atoms with E-state index in [1.54, 1.807) is 0 Å². The minimum atomic E-state index is -0.984. The lowest BCUT2D eigenvalue weighted by Crippen LogP contribution is -2.47. The van der Waals surface area contributed by atoms with Crippen molar-refractivity contribution in [3.8, 4) is 0 Å². The third-order valence-electron chi connectivity index (χ3n) is 6.33. The molecule has 0 bridgehead atoms. The Morgan fingerprint density at radius 2 is 1.85 bits per heavy atom. The number of pyridine rings is 1. The van der Waals surface area contributed by atoms with Gasteiger partial charge in [0.2, 0.25) is 0 Å². The fourth-order valence-electron chi connectivity index (χ4n) is 4.66. The first kappa shape index (κ1) is 20.1. The fourth-order valence-corrected chi connectivity index (χ4v) is 4.66. The lowest BCUT2D eigenvalue weighted by atomic mass is 9.79. The Morgan fingerprint density at radius 1 is 1.19 bits per heavy atom. The molecule has 6 nitrogen and oxygen atoms in total. The summed E-state index contributed by atoms with van der Waals surface area (Å²) in [5.74, 6) is -0.0804. The van der Waals surface area contributed by atoms with Crippen LogP contribution in [0.3, 0.4) is 0 Å². The van der Waals surface area contributed by atoms with Crippen molar-refractivity contribution in [1.29, 1.82) is 0 Å². The summed E-state index contributed by atoms with van der Waals surface area (Å²) in [6.07, 6.45) is 11.6. The maximum atomic E-state index is 10.9. The summed E-state index contributed by atoms with van der Waals surface area (Å²) < 4.78 is 0. The van der Waals surface area contributed by atoms with Gasteiger partial charge in [0.25, 0.3) is 0 Å². The molecular formula is C21H33N3O3. The summed E-state index contributed by atoms with van der Waals surface area (Å²) in [7, 11) is 0. The van der Waals surface area contributed by atoms with Gasteiger partial charge in [0, 0.05) is 30.7 Å². The van der Waals surface area contributed by atoms with Gasteiger partial charge in [0.1, 0.15) is 0 Å². The Balaban J connectivity index is 1.31. The maximum Gasteiger partial charge on any atom is 0.306 e. The molecule has 0 aromatic carbocycles. The summed E-state index contributed by atoms with van der Waals surface area (Å²) in [5, 5.41) is 22.8. The quantitative estimate of drug-likeness (QED) is 0.605. The van der Waals surface area contributed by atoms with Crippen LogP contribution in [0.5, 0.6) is 0 Å². The van der Waals surface area contributed by atoms with Gasteiger partial charge in [-0.1, -0.05) is 0 Å². The number of likely N-dealkylation sites (tertiary alicyclic amines) is 1. The van der Waals surface area contributed by atoms with Crippen LogP contribution >= 0.6 is 0 Å². The molecule has 1 aromatic heterocycles. The van der Waals surface area contributed by atoms with Crippen LogP contribution in [0.4, 0.5) is 5.69 Å². The minimum absolute atomic E-state index is 0.116. The summed E-state index contributed by atoms with van der Waals surface area (Å²) in [5.41, 5.74) is 0.155. The molecule has 27 heavy (non-hydrogen) atoms. The Labute approximate surface area is 162 Å². The highest BCUT2D eigenvalue weighted by molar-refractivity contribution is 5.68. The molecule has 2 heterocycles. The van der Waals surface area contributed by atoms with Crippen molar-refractivity contribution in [2.45, 2.75) is 69.4 Å². The predicted octanol–water partition coefficient (Wildman–Crippen LogP) is 3.13. The van der Waals surface area contributed by atoms with Crippen molar-refractivity contribution in [3.05, 3.63) is 24.5 Å². The van der Waals surface area contributed by atoms with E-state index in [1.807, 2.05) is 24.5 Å². The number of carboxylic acid groups (broad SMARTS) is 1. The molecule has 1 aromatic rings. The van der Waals surface area contributed by atoms with Gasteiger partial charge in [-0.25, -0.2) is 0 Å². The van der Waals surface area contributed by atoms with E-state index in [9.17, 15) is 9.90 Å². The second-order valence-corrected chi connectivity index (χ2v) is 8.31. The number of nitrogens with zero attached hydrogens (tertiary/aromatic N) is 2. The number of hydrogen-bond acceptors (Lipinski definition) is 5. The summed E-state index contributed by atoms with van der Waals surface area (Å²) in [6.45, 7) is 3.30. The lowest BCUT2D eigenvalue weighted by Gasteiger charge is -2.43. The summed E-state index contributed by atoms with van der Waals surface area (Å²) in [6, 6.07) is 4.52. The molecule has 1 aliphatic carbocycles. The number of carbonyl (C=O) groups is 1. The van der Waals surface area contributed by atoms with Gasteiger partial charge in [0.15, 0.2) is 0 Å². The van der Waals surface area contributed by atoms with Gasteiger partial charge in [-0.2, -0.15) is 0 Å². The smallest absolute Gasteiger partial charge is 0.306 e. The third-order valence-corrected chi connectivity index (χ3v) is 6.33. The molecule has 0 spiro atoms. The van der Waals surface area contributed by atoms with E-state index in [2.05, 4.69) is 15.2 Å². The average Bonchev–Trinajstić information content (AvgIpc) is 2.66. The molecule has 3 N–H and O–H groups in total. The van der Waals surface area contributed by atoms with E-state index < -0.39 is 11.6 Å². The van der Waals surface area contributed by atoms with Gasteiger partial charge >= 0.3 is 5.97 Å². The maximum absolute atomic E-state index is 10.9. The molecule has 1 saturated carbocycles. The predicted molar refractivity (Wildman–Crippen MR) is 106 cm³/mol. The molecule has 1 saturated heterocycles. The number of aliphatic hydroxyl groups is 1. The van der Waals surface area contributed by atoms with Crippen LogP contribution in [0.2, 0.25) is 0 Å². The molecule has 2 aliphatic rings. The molecule has 2 fully saturated rings. The molecule has 150 valence electrons. The third kappa shape index (κ3) is 6.18. The van der Waals surface area contributed by atoms with Crippen LogP contribution in [-0.2, 0) is 4.79 Å². The molecule has 3 rings (SSSR count). The standard InChI is InChI=1S/C21H33N3O3/c25-20(26)16-21(27)9-3-19(4-10-21)24-14-7-17(8-15-24)2-1-11-23-18-5-12-22-13-6-18/h5-6,12-13,17,19,27H,1-4,7-11,14-16H2,(H,22,23)(H,25,26). The largest absolute Gasteiger partial charge is 0.481 e. The van der Waals surface area contributed by atoms with Gasteiger partial charge in [-0.15, -0.1) is 0 Å². The molecule has 6 heteroatoms. The molecule has 0 unspecified atom stereocenters. The Bertz CT molecular complexity index is 580. The zero-order chi connectivity index (χ0) is 19.1. The summed E-state index contributed by atoms with van der Waals surface area (Å²) >= 11 is 0. The number of nitrogens with one attached hydrogen (secondary N) is 1. The van der Waals surface area contributed by atoms with Crippen molar-refractivity contribution in [1.82, 2.24) is 9.88 Å². The first-order valence-corrected chi connectivity index (χ1v) is 10.4.